The molecule has 0 saturated heterocycles. The van der Waals surface area contributed by atoms with Crippen molar-refractivity contribution >= 4 is 5.96 Å². The Kier molecular flexibility index (Phi) is 7.85. The van der Waals surface area contributed by atoms with Crippen molar-refractivity contribution in [1.29, 1.82) is 0 Å². The Morgan fingerprint density at radius 2 is 2.00 bits per heavy atom. The molecule has 0 radical (unpaired) electrons. The fraction of sp³-hybridized carbons (Fsp3) is 0.368. The zero-order valence-corrected chi connectivity index (χ0v) is 14.7. The van der Waals surface area contributed by atoms with Gasteiger partial charge in [0.15, 0.2) is 5.96 Å². The van der Waals surface area contributed by atoms with Crippen molar-refractivity contribution in [2.75, 3.05) is 20.2 Å². The van der Waals surface area contributed by atoms with Gasteiger partial charge in [0, 0.05) is 19.8 Å². The van der Waals surface area contributed by atoms with E-state index in [1.807, 2.05) is 30.3 Å². The fourth-order valence-corrected chi connectivity index (χ4v) is 2.22. The highest BCUT2D eigenvalue weighted by Gasteiger charge is 2.07. The molecule has 1 unspecified atom stereocenters. The second-order valence-electron chi connectivity index (χ2n) is 5.84. The summed E-state index contributed by atoms with van der Waals surface area (Å²) < 4.78 is 19.3. The third-order valence-electron chi connectivity index (χ3n) is 3.61. The molecular formula is C19H25FN4O. The van der Waals surface area contributed by atoms with Gasteiger partial charge in [0.25, 0.3) is 0 Å². The predicted molar refractivity (Wildman–Crippen MR) is 97.7 cm³/mol. The lowest BCUT2D eigenvalue weighted by Crippen LogP contribution is -2.40. The van der Waals surface area contributed by atoms with Crippen molar-refractivity contribution in [3.05, 3.63) is 65.7 Å². The molecule has 0 amide bonds. The standard InChI is InChI=1S/C19H25FN4O/c1-15(13-25-14-16-7-4-3-5-8-16)11-23-19(21-2)24-12-18-17(20)9-6-10-22-18/h3-10,15H,11-14H2,1-2H3,(H2,21,23,24). The Bertz CT molecular complexity index is 663. The van der Waals surface area contributed by atoms with Gasteiger partial charge in [-0.25, -0.2) is 4.39 Å². The Balaban J connectivity index is 1.66. The van der Waals surface area contributed by atoms with Crippen molar-refractivity contribution in [3.63, 3.8) is 0 Å². The second kappa shape index (κ2) is 10.4. The second-order valence-corrected chi connectivity index (χ2v) is 5.84. The van der Waals surface area contributed by atoms with Gasteiger partial charge in [0.1, 0.15) is 5.82 Å². The van der Waals surface area contributed by atoms with E-state index in [-0.39, 0.29) is 12.4 Å². The smallest absolute Gasteiger partial charge is 0.191 e. The number of hydrogen-bond donors (Lipinski definition) is 2. The van der Waals surface area contributed by atoms with E-state index in [1.54, 1.807) is 19.3 Å². The van der Waals surface area contributed by atoms with E-state index in [0.717, 1.165) is 5.56 Å². The fourth-order valence-electron chi connectivity index (χ4n) is 2.22. The summed E-state index contributed by atoms with van der Waals surface area (Å²) in [5.74, 6) is 0.599. The molecule has 6 heteroatoms. The molecule has 0 spiro atoms. The minimum absolute atomic E-state index is 0.283. The number of guanidine groups is 1. The maximum Gasteiger partial charge on any atom is 0.191 e. The minimum atomic E-state index is -0.326. The molecule has 0 aliphatic heterocycles. The average Bonchev–Trinajstić information content (AvgIpc) is 2.64. The van der Waals surface area contributed by atoms with Crippen LogP contribution in [0.25, 0.3) is 0 Å². The van der Waals surface area contributed by atoms with Crippen LogP contribution in [0.3, 0.4) is 0 Å². The number of ether oxygens (including phenoxy) is 1. The summed E-state index contributed by atoms with van der Waals surface area (Å²) in [6.07, 6.45) is 1.57. The van der Waals surface area contributed by atoms with Gasteiger partial charge in [-0.3, -0.25) is 9.98 Å². The molecule has 0 bridgehead atoms. The van der Waals surface area contributed by atoms with Gasteiger partial charge in [-0.15, -0.1) is 0 Å². The number of hydrogen-bond acceptors (Lipinski definition) is 3. The summed E-state index contributed by atoms with van der Waals surface area (Å²) in [7, 11) is 1.68. The van der Waals surface area contributed by atoms with Crippen LogP contribution in [0.2, 0.25) is 0 Å². The minimum Gasteiger partial charge on any atom is -0.376 e. The molecule has 1 atom stereocenters. The predicted octanol–water partition coefficient (Wildman–Crippen LogP) is 2.74. The molecule has 0 aliphatic carbocycles. The quantitative estimate of drug-likeness (QED) is 0.571. The third kappa shape index (κ3) is 6.89. The number of nitrogens with zero attached hydrogens (tertiary/aromatic N) is 2. The molecule has 134 valence electrons. The lowest BCUT2D eigenvalue weighted by molar-refractivity contribution is 0.0931. The maximum absolute atomic E-state index is 13.6. The number of aromatic nitrogens is 1. The van der Waals surface area contributed by atoms with Crippen LogP contribution in [-0.4, -0.2) is 31.1 Å². The molecular weight excluding hydrogens is 319 g/mol. The van der Waals surface area contributed by atoms with E-state index in [1.165, 1.54) is 6.07 Å². The van der Waals surface area contributed by atoms with Crippen molar-refractivity contribution in [2.45, 2.75) is 20.1 Å². The molecule has 2 rings (SSSR count). The zero-order chi connectivity index (χ0) is 17.9. The largest absolute Gasteiger partial charge is 0.376 e. The van der Waals surface area contributed by atoms with Crippen molar-refractivity contribution in [3.8, 4) is 0 Å². The van der Waals surface area contributed by atoms with Gasteiger partial charge < -0.3 is 15.4 Å². The Morgan fingerprint density at radius 3 is 2.72 bits per heavy atom. The first kappa shape index (κ1) is 18.9. The summed E-state index contributed by atoms with van der Waals surface area (Å²) in [4.78, 5) is 8.14. The molecule has 0 fully saturated rings. The normalized spacial score (nSPS) is 12.7. The van der Waals surface area contributed by atoms with E-state index < -0.39 is 0 Å². The number of rotatable bonds is 8. The molecule has 25 heavy (non-hydrogen) atoms. The summed E-state index contributed by atoms with van der Waals surface area (Å²) in [6.45, 7) is 4.35. The van der Waals surface area contributed by atoms with Crippen LogP contribution in [0.15, 0.2) is 53.7 Å². The highest BCUT2D eigenvalue weighted by Crippen LogP contribution is 2.03. The highest BCUT2D eigenvalue weighted by atomic mass is 19.1. The third-order valence-corrected chi connectivity index (χ3v) is 3.61. The van der Waals surface area contributed by atoms with Gasteiger partial charge in [-0.1, -0.05) is 37.3 Å². The topological polar surface area (TPSA) is 58.5 Å². The average molecular weight is 344 g/mol. The number of benzene rings is 1. The number of halogens is 1. The summed E-state index contributed by atoms with van der Waals surface area (Å²) in [5.41, 5.74) is 1.53. The van der Waals surface area contributed by atoms with Crippen molar-refractivity contribution < 1.29 is 9.13 Å². The molecule has 2 N–H and O–H groups in total. The lowest BCUT2D eigenvalue weighted by atomic mass is 10.2. The summed E-state index contributed by atoms with van der Waals surface area (Å²) >= 11 is 0. The number of nitrogens with one attached hydrogen (secondary N) is 2. The van der Waals surface area contributed by atoms with E-state index in [0.29, 0.717) is 37.3 Å². The van der Waals surface area contributed by atoms with Crippen LogP contribution in [0.1, 0.15) is 18.2 Å². The Morgan fingerprint density at radius 1 is 1.20 bits per heavy atom. The Labute approximate surface area is 148 Å². The van der Waals surface area contributed by atoms with Gasteiger partial charge in [-0.05, 0) is 23.6 Å². The number of aliphatic imine (C=N–C) groups is 1. The first-order valence-electron chi connectivity index (χ1n) is 8.34. The first-order valence-corrected chi connectivity index (χ1v) is 8.34. The van der Waals surface area contributed by atoms with Crippen LogP contribution in [0, 0.1) is 11.7 Å². The first-order chi connectivity index (χ1) is 12.2. The zero-order valence-electron chi connectivity index (χ0n) is 14.7. The van der Waals surface area contributed by atoms with E-state index in [2.05, 4.69) is 27.5 Å². The Hall–Kier alpha value is -2.47. The number of pyridine rings is 1. The molecule has 5 nitrogen and oxygen atoms in total. The lowest BCUT2D eigenvalue weighted by Gasteiger charge is -2.16. The van der Waals surface area contributed by atoms with E-state index in [9.17, 15) is 4.39 Å². The molecule has 1 heterocycles. The van der Waals surface area contributed by atoms with Crippen LogP contribution < -0.4 is 10.6 Å². The summed E-state index contributed by atoms with van der Waals surface area (Å²) in [6, 6.07) is 13.1. The van der Waals surface area contributed by atoms with Crippen LogP contribution in [0.5, 0.6) is 0 Å². The molecule has 0 saturated carbocycles. The van der Waals surface area contributed by atoms with Crippen LogP contribution >= 0.6 is 0 Å². The van der Waals surface area contributed by atoms with Crippen LogP contribution in [-0.2, 0) is 17.9 Å². The van der Waals surface area contributed by atoms with Crippen molar-refractivity contribution in [2.24, 2.45) is 10.9 Å². The molecule has 1 aromatic heterocycles. The van der Waals surface area contributed by atoms with E-state index in [4.69, 9.17) is 4.74 Å². The van der Waals surface area contributed by atoms with Crippen LogP contribution in [0.4, 0.5) is 4.39 Å². The van der Waals surface area contributed by atoms with Crippen molar-refractivity contribution in [1.82, 2.24) is 15.6 Å². The van der Waals surface area contributed by atoms with Gasteiger partial charge in [-0.2, -0.15) is 0 Å². The van der Waals surface area contributed by atoms with Gasteiger partial charge in [0.2, 0.25) is 0 Å². The summed E-state index contributed by atoms with van der Waals surface area (Å²) in [5, 5.41) is 6.28. The maximum atomic E-state index is 13.6. The SMILES string of the molecule is CN=C(NCc1ncccc1F)NCC(C)COCc1ccccc1. The van der Waals surface area contributed by atoms with E-state index >= 15 is 0 Å². The van der Waals surface area contributed by atoms with Gasteiger partial charge in [0.05, 0.1) is 25.5 Å². The highest BCUT2D eigenvalue weighted by molar-refractivity contribution is 5.79. The molecule has 0 aliphatic rings. The molecule has 2 aromatic rings. The van der Waals surface area contributed by atoms with Gasteiger partial charge >= 0.3 is 0 Å². The monoisotopic (exact) mass is 344 g/mol. The molecule has 1 aromatic carbocycles.